The van der Waals surface area contributed by atoms with Gasteiger partial charge in [0.05, 0.1) is 4.90 Å². The van der Waals surface area contributed by atoms with Gasteiger partial charge in [-0.3, -0.25) is 0 Å². The molecule has 17 heavy (non-hydrogen) atoms. The summed E-state index contributed by atoms with van der Waals surface area (Å²) < 4.78 is 27.6. The summed E-state index contributed by atoms with van der Waals surface area (Å²) in [6.45, 7) is 1.62. The van der Waals surface area contributed by atoms with Gasteiger partial charge in [0.25, 0.3) is 0 Å². The Kier molecular flexibility index (Phi) is 3.24. The normalized spacial score (nSPS) is 16.6. The van der Waals surface area contributed by atoms with Gasteiger partial charge in [-0.05, 0) is 32.3 Å². The molecule has 1 aromatic heterocycles. The van der Waals surface area contributed by atoms with Crippen molar-refractivity contribution in [2.75, 3.05) is 0 Å². The first-order chi connectivity index (χ1) is 7.88. The largest absolute Gasteiger partial charge is 0.458 e. The van der Waals surface area contributed by atoms with Gasteiger partial charge >= 0.3 is 5.97 Å². The summed E-state index contributed by atoms with van der Waals surface area (Å²) in [6, 6.07) is 1.29. The minimum atomic E-state index is -3.76. The van der Waals surface area contributed by atoms with Crippen molar-refractivity contribution in [3.05, 3.63) is 15.8 Å². The van der Waals surface area contributed by atoms with Crippen LogP contribution in [0.4, 0.5) is 0 Å². The number of hydrogen-bond donors (Lipinski definition) is 1. The molecule has 0 saturated heterocycles. The average Bonchev–Trinajstić information content (AvgIpc) is 2.53. The monoisotopic (exact) mass is 275 g/mol. The zero-order valence-corrected chi connectivity index (χ0v) is 10.9. The molecule has 0 aliphatic heterocycles. The molecule has 94 valence electrons. The van der Waals surface area contributed by atoms with E-state index in [0.29, 0.717) is 9.75 Å². The van der Waals surface area contributed by atoms with Gasteiger partial charge in [-0.25, -0.2) is 18.4 Å². The fourth-order valence-electron chi connectivity index (χ4n) is 1.55. The Morgan fingerprint density at radius 3 is 2.59 bits per heavy atom. The summed E-state index contributed by atoms with van der Waals surface area (Å²) in [5, 5.41) is 5.04. The van der Waals surface area contributed by atoms with Gasteiger partial charge in [-0.2, -0.15) is 0 Å². The van der Waals surface area contributed by atoms with Crippen molar-refractivity contribution in [1.82, 2.24) is 0 Å². The van der Waals surface area contributed by atoms with Gasteiger partial charge < -0.3 is 4.74 Å². The van der Waals surface area contributed by atoms with Crippen LogP contribution in [0.2, 0.25) is 0 Å². The van der Waals surface area contributed by atoms with E-state index in [-0.39, 0.29) is 11.0 Å². The SMILES string of the molecule is Cc1sc(C(=O)OC2CCC2)cc1S(N)(=O)=O. The number of esters is 1. The average molecular weight is 275 g/mol. The highest BCUT2D eigenvalue weighted by Crippen LogP contribution is 2.28. The molecule has 2 rings (SSSR count). The number of rotatable bonds is 3. The van der Waals surface area contributed by atoms with Gasteiger partial charge in [-0.15, -0.1) is 11.3 Å². The molecule has 1 saturated carbocycles. The Balaban J connectivity index is 2.19. The summed E-state index contributed by atoms with van der Waals surface area (Å²) >= 11 is 1.09. The highest BCUT2D eigenvalue weighted by atomic mass is 32.2. The Hall–Kier alpha value is -0.920. The summed E-state index contributed by atoms with van der Waals surface area (Å²) in [4.78, 5) is 12.5. The summed E-state index contributed by atoms with van der Waals surface area (Å²) in [6.07, 6.45) is 2.84. The van der Waals surface area contributed by atoms with Crippen LogP contribution in [0.25, 0.3) is 0 Å². The Labute approximate surface area is 104 Å². The van der Waals surface area contributed by atoms with Crippen LogP contribution < -0.4 is 5.14 Å². The number of primary sulfonamides is 1. The van der Waals surface area contributed by atoms with Crippen molar-refractivity contribution >= 4 is 27.3 Å². The summed E-state index contributed by atoms with van der Waals surface area (Å²) in [7, 11) is -3.76. The molecule has 1 fully saturated rings. The molecule has 0 bridgehead atoms. The van der Waals surface area contributed by atoms with E-state index in [2.05, 4.69) is 0 Å². The quantitative estimate of drug-likeness (QED) is 0.845. The molecule has 0 radical (unpaired) electrons. The Morgan fingerprint density at radius 2 is 2.18 bits per heavy atom. The minimum absolute atomic E-state index is 0.00283. The molecule has 1 aliphatic rings. The standard InChI is InChI=1S/C10H13NO4S2/c1-6-9(17(11,13)14)5-8(16-6)10(12)15-7-3-2-4-7/h5,7H,2-4H2,1H3,(H2,11,13,14). The number of ether oxygens (including phenoxy) is 1. The van der Waals surface area contributed by atoms with Crippen molar-refractivity contribution in [1.29, 1.82) is 0 Å². The number of aryl methyl sites for hydroxylation is 1. The van der Waals surface area contributed by atoms with E-state index in [1.807, 2.05) is 0 Å². The van der Waals surface area contributed by atoms with E-state index in [1.165, 1.54) is 6.07 Å². The number of carbonyl (C=O) groups excluding carboxylic acids is 1. The number of thiophene rings is 1. The maximum atomic E-state index is 11.7. The fraction of sp³-hybridized carbons (Fsp3) is 0.500. The lowest BCUT2D eigenvalue weighted by Gasteiger charge is -2.24. The van der Waals surface area contributed by atoms with E-state index in [4.69, 9.17) is 9.88 Å². The topological polar surface area (TPSA) is 86.5 Å². The zero-order valence-electron chi connectivity index (χ0n) is 9.30. The first kappa shape index (κ1) is 12.5. The van der Waals surface area contributed by atoms with Crippen LogP contribution in [0, 0.1) is 6.92 Å². The molecule has 7 heteroatoms. The third kappa shape index (κ3) is 2.67. The van der Waals surface area contributed by atoms with Crippen LogP contribution in [-0.2, 0) is 14.8 Å². The number of hydrogen-bond acceptors (Lipinski definition) is 5. The van der Waals surface area contributed by atoms with Crippen LogP contribution in [-0.4, -0.2) is 20.5 Å². The van der Waals surface area contributed by atoms with E-state index >= 15 is 0 Å². The number of sulfonamides is 1. The number of nitrogens with two attached hydrogens (primary N) is 1. The second-order valence-corrected chi connectivity index (χ2v) is 6.82. The lowest BCUT2D eigenvalue weighted by Crippen LogP contribution is -2.24. The van der Waals surface area contributed by atoms with Crippen molar-refractivity contribution in [2.24, 2.45) is 5.14 Å². The molecule has 0 amide bonds. The lowest BCUT2D eigenvalue weighted by atomic mass is 9.96. The summed E-state index contributed by atoms with van der Waals surface area (Å²) in [5.74, 6) is -0.460. The van der Waals surface area contributed by atoms with E-state index in [0.717, 1.165) is 30.6 Å². The molecule has 2 N–H and O–H groups in total. The molecule has 1 aliphatic carbocycles. The molecule has 0 unspecified atom stereocenters. The lowest BCUT2D eigenvalue weighted by molar-refractivity contribution is 0.00954. The third-order valence-corrected chi connectivity index (χ3v) is 4.90. The van der Waals surface area contributed by atoms with Crippen LogP contribution in [0.15, 0.2) is 11.0 Å². The molecule has 5 nitrogen and oxygen atoms in total. The van der Waals surface area contributed by atoms with Crippen molar-refractivity contribution < 1.29 is 17.9 Å². The van der Waals surface area contributed by atoms with Crippen LogP contribution in [0.3, 0.4) is 0 Å². The Bertz CT molecular complexity index is 543. The van der Waals surface area contributed by atoms with Crippen LogP contribution in [0.5, 0.6) is 0 Å². The third-order valence-electron chi connectivity index (χ3n) is 2.71. The first-order valence-corrected chi connectivity index (χ1v) is 7.58. The van der Waals surface area contributed by atoms with Crippen molar-refractivity contribution in [2.45, 2.75) is 37.2 Å². The van der Waals surface area contributed by atoms with Crippen molar-refractivity contribution in [3.8, 4) is 0 Å². The van der Waals surface area contributed by atoms with Gasteiger partial charge in [0, 0.05) is 4.88 Å². The minimum Gasteiger partial charge on any atom is -0.458 e. The van der Waals surface area contributed by atoms with Crippen LogP contribution >= 0.6 is 11.3 Å². The van der Waals surface area contributed by atoms with Gasteiger partial charge in [0.1, 0.15) is 11.0 Å². The van der Waals surface area contributed by atoms with Gasteiger partial charge in [0.2, 0.25) is 10.0 Å². The van der Waals surface area contributed by atoms with Crippen molar-refractivity contribution in [3.63, 3.8) is 0 Å². The second kappa shape index (κ2) is 4.40. The predicted molar refractivity (Wildman–Crippen MR) is 63.5 cm³/mol. The highest BCUT2D eigenvalue weighted by molar-refractivity contribution is 7.89. The smallest absolute Gasteiger partial charge is 0.348 e. The maximum absolute atomic E-state index is 11.7. The zero-order chi connectivity index (χ0) is 12.6. The van der Waals surface area contributed by atoms with Gasteiger partial charge in [-0.1, -0.05) is 0 Å². The van der Waals surface area contributed by atoms with Gasteiger partial charge in [0.15, 0.2) is 0 Å². The molecule has 0 atom stereocenters. The highest BCUT2D eigenvalue weighted by Gasteiger charge is 2.25. The molecule has 1 heterocycles. The molecular weight excluding hydrogens is 262 g/mol. The van der Waals surface area contributed by atoms with Crippen LogP contribution in [0.1, 0.15) is 33.8 Å². The molecular formula is C10H13NO4S2. The van der Waals surface area contributed by atoms with E-state index < -0.39 is 16.0 Å². The van der Waals surface area contributed by atoms with E-state index in [1.54, 1.807) is 6.92 Å². The second-order valence-electron chi connectivity index (χ2n) is 4.03. The van der Waals surface area contributed by atoms with E-state index in [9.17, 15) is 13.2 Å². The summed E-state index contributed by atoms with van der Waals surface area (Å²) in [5.41, 5.74) is 0. The Morgan fingerprint density at radius 1 is 1.53 bits per heavy atom. The molecule has 1 aromatic rings. The fourth-order valence-corrected chi connectivity index (χ4v) is 3.58. The number of carbonyl (C=O) groups is 1. The molecule has 0 aromatic carbocycles. The molecule has 0 spiro atoms. The first-order valence-electron chi connectivity index (χ1n) is 5.22. The maximum Gasteiger partial charge on any atom is 0.348 e. The predicted octanol–water partition coefficient (Wildman–Crippen LogP) is 1.41.